The molecule has 25 heavy (non-hydrogen) atoms. The molecular weight excluding hydrogens is 338 g/mol. The Labute approximate surface area is 151 Å². The number of carbonyl (C=O) groups excluding carboxylic acids is 1. The van der Waals surface area contributed by atoms with Gasteiger partial charge in [-0.2, -0.15) is 5.10 Å². The molecule has 0 saturated heterocycles. The molecular formula is C19H18ClN3O2. The molecule has 0 bridgehead atoms. The number of rotatable bonds is 6. The van der Waals surface area contributed by atoms with Gasteiger partial charge >= 0.3 is 0 Å². The van der Waals surface area contributed by atoms with Crippen molar-refractivity contribution in [3.05, 3.63) is 76.9 Å². The fourth-order valence-electron chi connectivity index (χ4n) is 2.41. The highest BCUT2D eigenvalue weighted by molar-refractivity contribution is 6.30. The maximum absolute atomic E-state index is 12.5. The van der Waals surface area contributed by atoms with Crippen LogP contribution in [0.1, 0.15) is 22.8 Å². The molecule has 3 rings (SSSR count). The molecule has 0 unspecified atom stereocenters. The van der Waals surface area contributed by atoms with Crippen LogP contribution in [0.2, 0.25) is 5.02 Å². The van der Waals surface area contributed by atoms with Gasteiger partial charge in [-0.3, -0.25) is 9.48 Å². The number of hydrogen-bond acceptors (Lipinski definition) is 3. The molecule has 1 heterocycles. The highest BCUT2D eigenvalue weighted by atomic mass is 35.5. The molecule has 3 aromatic rings. The van der Waals surface area contributed by atoms with Crippen molar-refractivity contribution in [2.75, 3.05) is 11.9 Å². The van der Waals surface area contributed by atoms with E-state index in [9.17, 15) is 4.79 Å². The molecule has 0 saturated carbocycles. The van der Waals surface area contributed by atoms with E-state index in [1.54, 1.807) is 28.9 Å². The number of nitrogens with one attached hydrogen (secondary N) is 1. The molecule has 0 aliphatic heterocycles. The van der Waals surface area contributed by atoms with Crippen molar-refractivity contribution in [3.63, 3.8) is 0 Å². The third-order valence-corrected chi connectivity index (χ3v) is 3.82. The lowest BCUT2D eigenvalue weighted by Gasteiger charge is -2.09. The zero-order valence-corrected chi connectivity index (χ0v) is 14.5. The summed E-state index contributed by atoms with van der Waals surface area (Å²) < 4.78 is 7.25. The number of para-hydroxylation sites is 1. The van der Waals surface area contributed by atoms with Gasteiger partial charge in [-0.1, -0.05) is 35.9 Å². The largest absolute Gasteiger partial charge is 0.493 e. The van der Waals surface area contributed by atoms with Gasteiger partial charge in [0.2, 0.25) is 0 Å². The van der Waals surface area contributed by atoms with Crippen molar-refractivity contribution < 1.29 is 9.53 Å². The Morgan fingerprint density at radius 2 is 1.92 bits per heavy atom. The second-order valence-electron chi connectivity index (χ2n) is 5.41. The summed E-state index contributed by atoms with van der Waals surface area (Å²) in [6, 6.07) is 16.5. The minimum absolute atomic E-state index is 0.249. The number of nitrogens with zero attached hydrogens (tertiary/aromatic N) is 2. The van der Waals surface area contributed by atoms with Gasteiger partial charge in [-0.25, -0.2) is 0 Å². The Kier molecular flexibility index (Phi) is 5.36. The van der Waals surface area contributed by atoms with E-state index in [2.05, 4.69) is 10.4 Å². The lowest BCUT2D eigenvalue weighted by atomic mass is 10.2. The Hall–Kier alpha value is -2.79. The Bertz CT molecular complexity index is 859. The fourth-order valence-corrected chi connectivity index (χ4v) is 2.54. The number of ether oxygens (including phenoxy) is 1. The van der Waals surface area contributed by atoms with Crippen LogP contribution in [-0.4, -0.2) is 22.3 Å². The van der Waals surface area contributed by atoms with E-state index < -0.39 is 0 Å². The van der Waals surface area contributed by atoms with Crippen LogP contribution in [0.4, 0.5) is 5.82 Å². The number of benzene rings is 2. The van der Waals surface area contributed by atoms with Crippen molar-refractivity contribution in [2.45, 2.75) is 13.5 Å². The lowest BCUT2D eigenvalue weighted by molar-refractivity contribution is 0.102. The summed E-state index contributed by atoms with van der Waals surface area (Å²) in [5.74, 6) is 0.800. The Morgan fingerprint density at radius 1 is 1.16 bits per heavy atom. The van der Waals surface area contributed by atoms with E-state index in [-0.39, 0.29) is 5.91 Å². The number of hydrogen-bond donors (Lipinski definition) is 1. The summed E-state index contributed by atoms with van der Waals surface area (Å²) in [5, 5.41) is 7.88. The van der Waals surface area contributed by atoms with Crippen LogP contribution >= 0.6 is 11.6 Å². The first-order valence-electron chi connectivity index (χ1n) is 7.97. The zero-order chi connectivity index (χ0) is 17.6. The molecule has 5 nitrogen and oxygen atoms in total. The van der Waals surface area contributed by atoms with Crippen molar-refractivity contribution in [1.82, 2.24) is 9.78 Å². The van der Waals surface area contributed by atoms with Crippen molar-refractivity contribution in [3.8, 4) is 5.75 Å². The molecule has 0 atom stereocenters. The van der Waals surface area contributed by atoms with E-state index in [4.69, 9.17) is 16.3 Å². The highest BCUT2D eigenvalue weighted by Gasteiger charge is 2.13. The van der Waals surface area contributed by atoms with Crippen LogP contribution in [0.5, 0.6) is 5.75 Å². The predicted octanol–water partition coefficient (Wildman–Crippen LogP) is 4.24. The molecule has 1 N–H and O–H groups in total. The Balaban J connectivity index is 1.69. The van der Waals surface area contributed by atoms with Crippen LogP contribution in [-0.2, 0) is 6.54 Å². The predicted molar refractivity (Wildman–Crippen MR) is 98.3 cm³/mol. The maximum Gasteiger partial charge on any atom is 0.260 e. The van der Waals surface area contributed by atoms with Gasteiger partial charge in [0.1, 0.15) is 5.75 Å². The van der Waals surface area contributed by atoms with E-state index in [0.717, 1.165) is 5.56 Å². The lowest BCUT2D eigenvalue weighted by Crippen LogP contribution is -2.14. The van der Waals surface area contributed by atoms with Crippen LogP contribution in [0.15, 0.2) is 60.8 Å². The van der Waals surface area contributed by atoms with E-state index >= 15 is 0 Å². The summed E-state index contributed by atoms with van der Waals surface area (Å²) in [7, 11) is 0. The van der Waals surface area contributed by atoms with Crippen molar-refractivity contribution >= 4 is 23.3 Å². The van der Waals surface area contributed by atoms with Gasteiger partial charge in [-0.15, -0.1) is 0 Å². The van der Waals surface area contributed by atoms with Gasteiger partial charge in [0, 0.05) is 17.3 Å². The molecule has 0 spiro atoms. The summed E-state index contributed by atoms with van der Waals surface area (Å²) in [4.78, 5) is 12.5. The third kappa shape index (κ3) is 4.39. The molecule has 1 amide bonds. The number of anilines is 1. The van der Waals surface area contributed by atoms with E-state index in [1.165, 1.54) is 0 Å². The molecule has 1 aromatic heterocycles. The monoisotopic (exact) mass is 355 g/mol. The van der Waals surface area contributed by atoms with Gasteiger partial charge < -0.3 is 10.1 Å². The molecule has 0 aliphatic rings. The number of amides is 1. The van der Waals surface area contributed by atoms with Crippen LogP contribution in [0, 0.1) is 0 Å². The average molecular weight is 356 g/mol. The molecule has 0 fully saturated rings. The molecule has 2 aromatic carbocycles. The van der Waals surface area contributed by atoms with Gasteiger partial charge in [0.05, 0.1) is 18.7 Å². The van der Waals surface area contributed by atoms with Crippen molar-refractivity contribution in [2.24, 2.45) is 0 Å². The quantitative estimate of drug-likeness (QED) is 0.719. The average Bonchev–Trinajstić information content (AvgIpc) is 3.04. The first kappa shape index (κ1) is 17.0. The number of halogens is 1. The minimum atomic E-state index is -0.249. The summed E-state index contributed by atoms with van der Waals surface area (Å²) in [6.07, 6.45) is 1.82. The summed E-state index contributed by atoms with van der Waals surface area (Å²) >= 11 is 5.89. The smallest absolute Gasteiger partial charge is 0.260 e. The second-order valence-corrected chi connectivity index (χ2v) is 5.84. The third-order valence-electron chi connectivity index (χ3n) is 3.57. The number of carbonyl (C=O) groups is 1. The van der Waals surface area contributed by atoms with Crippen molar-refractivity contribution in [1.29, 1.82) is 0 Å². The Morgan fingerprint density at radius 3 is 2.68 bits per heavy atom. The second kappa shape index (κ2) is 7.85. The molecule has 0 aliphatic carbocycles. The van der Waals surface area contributed by atoms with E-state index in [0.29, 0.717) is 35.3 Å². The normalized spacial score (nSPS) is 10.5. The summed E-state index contributed by atoms with van der Waals surface area (Å²) in [6.45, 7) is 2.98. The van der Waals surface area contributed by atoms with Crippen LogP contribution < -0.4 is 10.1 Å². The van der Waals surface area contributed by atoms with Gasteiger partial charge in [0.15, 0.2) is 5.82 Å². The topological polar surface area (TPSA) is 56.1 Å². The minimum Gasteiger partial charge on any atom is -0.493 e. The van der Waals surface area contributed by atoms with Crippen LogP contribution in [0.3, 0.4) is 0 Å². The first-order valence-corrected chi connectivity index (χ1v) is 8.34. The number of aromatic nitrogens is 2. The molecule has 0 radical (unpaired) electrons. The zero-order valence-electron chi connectivity index (χ0n) is 13.8. The standard InChI is InChI=1S/C19H18ClN3O2/c1-2-25-17-6-4-3-5-16(17)19(24)21-18-11-12-23(22-18)13-14-7-9-15(20)10-8-14/h3-12H,2,13H2,1H3,(H,21,22,24). The first-order chi connectivity index (χ1) is 12.2. The molecule has 128 valence electrons. The van der Waals surface area contributed by atoms with Gasteiger partial charge in [-0.05, 0) is 36.8 Å². The van der Waals surface area contributed by atoms with E-state index in [1.807, 2.05) is 43.5 Å². The SMILES string of the molecule is CCOc1ccccc1C(=O)Nc1ccn(Cc2ccc(Cl)cc2)n1. The van der Waals surface area contributed by atoms with Gasteiger partial charge in [0.25, 0.3) is 5.91 Å². The fraction of sp³-hybridized carbons (Fsp3) is 0.158. The highest BCUT2D eigenvalue weighted by Crippen LogP contribution is 2.19. The van der Waals surface area contributed by atoms with Crippen LogP contribution in [0.25, 0.3) is 0 Å². The molecule has 6 heteroatoms. The maximum atomic E-state index is 12.5. The summed E-state index contributed by atoms with van der Waals surface area (Å²) in [5.41, 5.74) is 1.56.